The van der Waals surface area contributed by atoms with Crippen molar-refractivity contribution in [1.82, 2.24) is 25.5 Å². The van der Waals surface area contributed by atoms with Gasteiger partial charge in [0.1, 0.15) is 11.7 Å². The fourth-order valence-electron chi connectivity index (χ4n) is 2.90. The lowest BCUT2D eigenvalue weighted by Gasteiger charge is -2.19. The largest absolute Gasteiger partial charge is 0.495 e. The Bertz CT molecular complexity index is 990. The summed E-state index contributed by atoms with van der Waals surface area (Å²) in [6, 6.07) is 10.8. The summed E-state index contributed by atoms with van der Waals surface area (Å²) in [6.07, 6.45) is 0. The number of halogens is 2. The highest BCUT2D eigenvalue weighted by atomic mass is 35.5. The molecule has 1 atom stereocenters. The molecule has 140 valence electrons. The summed E-state index contributed by atoms with van der Waals surface area (Å²) in [5.74, 6) is -0.540. The van der Waals surface area contributed by atoms with Gasteiger partial charge < -0.3 is 10.1 Å². The third-order valence-electron chi connectivity index (χ3n) is 4.16. The number of carbonyl (C=O) groups excluding carboxylic acids is 1. The van der Waals surface area contributed by atoms with Crippen LogP contribution < -0.4 is 10.1 Å². The van der Waals surface area contributed by atoms with Crippen LogP contribution in [0.2, 0.25) is 10.0 Å². The molecule has 7 nitrogen and oxygen atoms in total. The second-order valence-corrected chi connectivity index (χ2v) is 6.64. The fourth-order valence-corrected chi connectivity index (χ4v) is 3.48. The molecule has 1 N–H and O–H groups in total. The zero-order valence-electron chi connectivity index (χ0n) is 14.9. The number of likely N-dealkylation sites (N-methyl/N-ethyl adjacent to an activating group) is 1. The molecule has 3 aromatic rings. The van der Waals surface area contributed by atoms with Crippen LogP contribution in [-0.4, -0.2) is 40.3 Å². The van der Waals surface area contributed by atoms with Gasteiger partial charge in [0.15, 0.2) is 5.82 Å². The van der Waals surface area contributed by atoms with Gasteiger partial charge in [-0.2, -0.15) is 4.68 Å². The lowest BCUT2D eigenvalue weighted by atomic mass is 9.95. The van der Waals surface area contributed by atoms with Crippen LogP contribution in [0.15, 0.2) is 36.4 Å². The molecule has 0 fully saturated rings. The highest BCUT2D eigenvalue weighted by Gasteiger charge is 2.32. The van der Waals surface area contributed by atoms with Crippen molar-refractivity contribution in [3.05, 3.63) is 63.4 Å². The van der Waals surface area contributed by atoms with E-state index in [9.17, 15) is 4.79 Å². The summed E-state index contributed by atoms with van der Waals surface area (Å²) in [5.41, 5.74) is 2.19. The van der Waals surface area contributed by atoms with Crippen LogP contribution in [0.3, 0.4) is 0 Å². The number of tetrazole rings is 1. The molecular weight excluding hydrogens is 389 g/mol. The molecule has 3 rings (SSSR count). The number of carbonyl (C=O) groups is 1. The maximum atomic E-state index is 12.8. The Morgan fingerprint density at radius 1 is 1.26 bits per heavy atom. The monoisotopic (exact) mass is 405 g/mol. The highest BCUT2D eigenvalue weighted by Crippen LogP contribution is 2.39. The number of hydrogen-bond donors (Lipinski definition) is 1. The summed E-state index contributed by atoms with van der Waals surface area (Å²) < 4.78 is 6.96. The molecule has 0 saturated heterocycles. The first kappa shape index (κ1) is 19.1. The number of ether oxygens (including phenoxy) is 1. The first-order valence-corrected chi connectivity index (χ1v) is 8.82. The minimum atomic E-state index is -0.879. The van der Waals surface area contributed by atoms with E-state index in [0.29, 0.717) is 27.2 Å². The molecule has 1 amide bonds. The average Bonchev–Trinajstić information content (AvgIpc) is 3.11. The average molecular weight is 406 g/mol. The maximum Gasteiger partial charge on any atom is 0.235 e. The molecule has 0 aliphatic rings. The SMILES string of the molecule is CNC(=O)C(c1cc(Cl)cc(Cl)c1OC)c1nnnn1-c1ccccc1C. The smallest absolute Gasteiger partial charge is 0.235 e. The van der Waals surface area contributed by atoms with Crippen molar-refractivity contribution in [3.8, 4) is 11.4 Å². The van der Waals surface area contributed by atoms with Crippen LogP contribution in [0.1, 0.15) is 22.9 Å². The zero-order chi connectivity index (χ0) is 19.6. The number of nitrogens with zero attached hydrogens (tertiary/aromatic N) is 4. The van der Waals surface area contributed by atoms with E-state index in [1.165, 1.54) is 18.8 Å². The van der Waals surface area contributed by atoms with E-state index in [1.54, 1.807) is 12.1 Å². The number of amides is 1. The lowest BCUT2D eigenvalue weighted by molar-refractivity contribution is -0.121. The van der Waals surface area contributed by atoms with Gasteiger partial charge in [0.25, 0.3) is 0 Å². The molecule has 27 heavy (non-hydrogen) atoms. The van der Waals surface area contributed by atoms with Gasteiger partial charge in [0.2, 0.25) is 5.91 Å². The standard InChI is InChI=1S/C18H17Cl2N5O2/c1-10-6-4-5-7-14(10)25-17(22-23-24-25)15(18(26)21-2)12-8-11(19)9-13(20)16(12)27-3/h4-9,15H,1-3H3,(H,21,26). The van der Waals surface area contributed by atoms with Gasteiger partial charge in [-0.15, -0.1) is 5.10 Å². The van der Waals surface area contributed by atoms with Crippen LogP contribution in [0, 0.1) is 6.92 Å². The van der Waals surface area contributed by atoms with Crippen molar-refractivity contribution >= 4 is 29.1 Å². The number of para-hydroxylation sites is 1. The summed E-state index contributed by atoms with van der Waals surface area (Å²) in [4.78, 5) is 12.8. The van der Waals surface area contributed by atoms with Gasteiger partial charge in [-0.3, -0.25) is 4.79 Å². The molecule has 0 aliphatic heterocycles. The van der Waals surface area contributed by atoms with E-state index < -0.39 is 5.92 Å². The summed E-state index contributed by atoms with van der Waals surface area (Å²) in [5, 5.41) is 15.3. The molecule has 0 bridgehead atoms. The lowest BCUT2D eigenvalue weighted by Crippen LogP contribution is -2.29. The zero-order valence-corrected chi connectivity index (χ0v) is 16.4. The quantitative estimate of drug-likeness (QED) is 0.704. The number of methoxy groups -OCH3 is 1. The first-order chi connectivity index (χ1) is 13.0. The fraction of sp³-hybridized carbons (Fsp3) is 0.222. The molecule has 1 heterocycles. The Balaban J connectivity index is 2.25. The molecule has 0 aliphatic carbocycles. The third kappa shape index (κ3) is 3.61. The number of hydrogen-bond acceptors (Lipinski definition) is 5. The van der Waals surface area contributed by atoms with E-state index in [1.807, 2.05) is 31.2 Å². The van der Waals surface area contributed by atoms with Crippen LogP contribution in [0.4, 0.5) is 0 Å². The normalized spacial score (nSPS) is 11.9. The Labute approximate surface area is 166 Å². The van der Waals surface area contributed by atoms with E-state index in [2.05, 4.69) is 20.8 Å². The van der Waals surface area contributed by atoms with Crippen LogP contribution in [0.25, 0.3) is 5.69 Å². The molecule has 2 aromatic carbocycles. The maximum absolute atomic E-state index is 12.8. The van der Waals surface area contributed by atoms with E-state index in [-0.39, 0.29) is 5.91 Å². The van der Waals surface area contributed by atoms with Crippen LogP contribution in [-0.2, 0) is 4.79 Å². The minimum Gasteiger partial charge on any atom is -0.495 e. The predicted molar refractivity (Wildman–Crippen MR) is 103 cm³/mol. The predicted octanol–water partition coefficient (Wildman–Crippen LogP) is 3.16. The molecule has 0 spiro atoms. The van der Waals surface area contributed by atoms with Gasteiger partial charge >= 0.3 is 0 Å². The molecule has 9 heteroatoms. The second kappa shape index (κ2) is 7.94. The summed E-state index contributed by atoms with van der Waals surface area (Å²) >= 11 is 12.5. The van der Waals surface area contributed by atoms with E-state index in [0.717, 1.165) is 11.3 Å². The number of rotatable bonds is 5. The second-order valence-electron chi connectivity index (χ2n) is 5.79. The summed E-state index contributed by atoms with van der Waals surface area (Å²) in [6.45, 7) is 1.94. The van der Waals surface area contributed by atoms with Crippen molar-refractivity contribution < 1.29 is 9.53 Å². The van der Waals surface area contributed by atoms with Crippen molar-refractivity contribution in [2.45, 2.75) is 12.8 Å². The number of nitrogens with one attached hydrogen (secondary N) is 1. The Morgan fingerprint density at radius 2 is 2.00 bits per heavy atom. The van der Waals surface area contributed by atoms with Crippen LogP contribution in [0.5, 0.6) is 5.75 Å². The first-order valence-electron chi connectivity index (χ1n) is 8.06. The topological polar surface area (TPSA) is 81.9 Å². The van der Waals surface area contributed by atoms with Crippen LogP contribution >= 0.6 is 23.2 Å². The van der Waals surface area contributed by atoms with Crippen molar-refractivity contribution in [1.29, 1.82) is 0 Å². The number of benzene rings is 2. The molecule has 1 unspecified atom stereocenters. The van der Waals surface area contributed by atoms with Gasteiger partial charge in [-0.05, 0) is 41.1 Å². The van der Waals surface area contributed by atoms with Gasteiger partial charge in [0.05, 0.1) is 17.8 Å². The molecule has 1 aromatic heterocycles. The molecular formula is C18H17Cl2N5O2. The Morgan fingerprint density at radius 3 is 2.67 bits per heavy atom. The molecule has 0 saturated carbocycles. The Hall–Kier alpha value is -2.64. The van der Waals surface area contributed by atoms with Gasteiger partial charge in [-0.1, -0.05) is 41.4 Å². The highest BCUT2D eigenvalue weighted by molar-refractivity contribution is 6.35. The van der Waals surface area contributed by atoms with Crippen molar-refractivity contribution in [2.75, 3.05) is 14.2 Å². The van der Waals surface area contributed by atoms with Crippen molar-refractivity contribution in [2.24, 2.45) is 0 Å². The van der Waals surface area contributed by atoms with E-state index in [4.69, 9.17) is 27.9 Å². The third-order valence-corrected chi connectivity index (χ3v) is 4.66. The number of aromatic nitrogens is 4. The van der Waals surface area contributed by atoms with E-state index >= 15 is 0 Å². The van der Waals surface area contributed by atoms with Crippen molar-refractivity contribution in [3.63, 3.8) is 0 Å². The Kier molecular flexibility index (Phi) is 5.62. The minimum absolute atomic E-state index is 0.295. The summed E-state index contributed by atoms with van der Waals surface area (Å²) in [7, 11) is 3.01. The van der Waals surface area contributed by atoms with Gasteiger partial charge in [-0.25, -0.2) is 0 Å². The molecule has 0 radical (unpaired) electrons. The number of aryl methyl sites for hydroxylation is 1. The van der Waals surface area contributed by atoms with Gasteiger partial charge in [0, 0.05) is 17.6 Å².